The summed E-state index contributed by atoms with van der Waals surface area (Å²) in [5, 5.41) is 3.38. The summed E-state index contributed by atoms with van der Waals surface area (Å²) < 4.78 is 0. The maximum atomic E-state index is 4.71. The quantitative estimate of drug-likeness (QED) is 0.914. The first kappa shape index (κ1) is 13.8. The Bertz CT molecular complexity index is 423. The lowest BCUT2D eigenvalue weighted by Gasteiger charge is -2.30. The van der Waals surface area contributed by atoms with Crippen LogP contribution in [0.1, 0.15) is 38.3 Å². The molecule has 2 fully saturated rings. The van der Waals surface area contributed by atoms with Crippen molar-refractivity contribution in [3.8, 4) is 0 Å². The smallest absolute Gasteiger partial charge is 0.128 e. The van der Waals surface area contributed by atoms with Crippen LogP contribution in [-0.4, -0.2) is 48.6 Å². The summed E-state index contributed by atoms with van der Waals surface area (Å²) in [6.07, 6.45) is 4.68. The first-order valence-corrected chi connectivity index (χ1v) is 7.93. The number of anilines is 1. The summed E-state index contributed by atoms with van der Waals surface area (Å²) in [6, 6.07) is 5.68. The number of pyridine rings is 1. The topological polar surface area (TPSA) is 31.4 Å². The molecule has 1 aromatic heterocycles. The van der Waals surface area contributed by atoms with Crippen molar-refractivity contribution < 1.29 is 0 Å². The van der Waals surface area contributed by atoms with E-state index in [1.54, 1.807) is 0 Å². The molecule has 2 saturated heterocycles. The molecule has 4 nitrogen and oxygen atoms in total. The number of aromatic nitrogens is 1. The molecule has 1 aromatic rings. The Morgan fingerprint density at radius 2 is 2.00 bits per heavy atom. The zero-order chi connectivity index (χ0) is 13.9. The van der Waals surface area contributed by atoms with E-state index in [-0.39, 0.29) is 0 Å². The fraction of sp³-hybridized carbons (Fsp3) is 0.688. The first-order valence-electron chi connectivity index (χ1n) is 7.93. The Morgan fingerprint density at radius 1 is 1.20 bits per heavy atom. The number of likely N-dealkylation sites (tertiary alicyclic amines) is 1. The van der Waals surface area contributed by atoms with E-state index in [4.69, 9.17) is 4.98 Å². The van der Waals surface area contributed by atoms with Gasteiger partial charge in [0, 0.05) is 44.5 Å². The van der Waals surface area contributed by atoms with Crippen molar-refractivity contribution in [1.29, 1.82) is 0 Å². The molecular weight excluding hydrogens is 248 g/mol. The third-order valence-electron chi connectivity index (χ3n) is 4.55. The van der Waals surface area contributed by atoms with Gasteiger partial charge in [-0.1, -0.05) is 6.07 Å². The maximum Gasteiger partial charge on any atom is 0.128 e. The lowest BCUT2D eigenvalue weighted by molar-refractivity contribution is 0.205. The molecule has 0 amide bonds. The minimum Gasteiger partial charge on any atom is -0.354 e. The number of piperazine rings is 1. The molecule has 3 heterocycles. The van der Waals surface area contributed by atoms with Crippen molar-refractivity contribution in [2.75, 3.05) is 37.6 Å². The minimum atomic E-state index is 0.569. The molecule has 1 N–H and O–H groups in total. The van der Waals surface area contributed by atoms with E-state index in [9.17, 15) is 0 Å². The first-order chi connectivity index (χ1) is 9.75. The third kappa shape index (κ3) is 2.81. The Morgan fingerprint density at radius 3 is 2.65 bits per heavy atom. The van der Waals surface area contributed by atoms with Gasteiger partial charge in [0.25, 0.3) is 0 Å². The van der Waals surface area contributed by atoms with Crippen molar-refractivity contribution in [2.24, 2.45) is 0 Å². The van der Waals surface area contributed by atoms with Crippen LogP contribution in [0.25, 0.3) is 0 Å². The van der Waals surface area contributed by atoms with Crippen molar-refractivity contribution in [2.45, 2.75) is 38.8 Å². The van der Waals surface area contributed by atoms with Gasteiger partial charge in [-0.3, -0.25) is 4.90 Å². The van der Waals surface area contributed by atoms with Gasteiger partial charge < -0.3 is 10.2 Å². The van der Waals surface area contributed by atoms with E-state index < -0.39 is 0 Å². The largest absolute Gasteiger partial charge is 0.354 e. The highest BCUT2D eigenvalue weighted by atomic mass is 15.2. The monoisotopic (exact) mass is 274 g/mol. The average molecular weight is 274 g/mol. The van der Waals surface area contributed by atoms with E-state index in [1.165, 1.54) is 24.9 Å². The number of rotatable bonds is 3. The molecule has 2 aliphatic heterocycles. The fourth-order valence-corrected chi connectivity index (χ4v) is 3.44. The summed E-state index contributed by atoms with van der Waals surface area (Å²) >= 11 is 0. The molecule has 0 bridgehead atoms. The molecular formula is C16H26N4. The van der Waals surface area contributed by atoms with Crippen LogP contribution in [0.2, 0.25) is 0 Å². The molecule has 0 spiro atoms. The van der Waals surface area contributed by atoms with Gasteiger partial charge in [0.15, 0.2) is 0 Å². The Hall–Kier alpha value is -1.13. The van der Waals surface area contributed by atoms with Crippen LogP contribution in [0.4, 0.5) is 5.82 Å². The summed E-state index contributed by atoms with van der Waals surface area (Å²) in [6.45, 7) is 10.1. The zero-order valence-corrected chi connectivity index (χ0v) is 12.7. The Kier molecular flexibility index (Phi) is 4.22. The predicted octanol–water partition coefficient (Wildman–Crippen LogP) is 2.04. The van der Waals surface area contributed by atoms with Crippen molar-refractivity contribution >= 4 is 5.82 Å². The number of nitrogens with zero attached hydrogens (tertiary/aromatic N) is 3. The molecule has 0 radical (unpaired) electrons. The van der Waals surface area contributed by atoms with E-state index in [2.05, 4.69) is 47.3 Å². The molecule has 110 valence electrons. The normalized spacial score (nSPS) is 24.6. The van der Waals surface area contributed by atoms with Gasteiger partial charge in [-0.15, -0.1) is 0 Å². The lowest BCUT2D eigenvalue weighted by atomic mass is 10.1. The summed E-state index contributed by atoms with van der Waals surface area (Å²) in [5.74, 6) is 1.13. The third-order valence-corrected chi connectivity index (χ3v) is 4.55. The van der Waals surface area contributed by atoms with Gasteiger partial charge in [-0.2, -0.15) is 0 Å². The van der Waals surface area contributed by atoms with Crippen molar-refractivity contribution in [3.05, 3.63) is 23.9 Å². The van der Waals surface area contributed by atoms with Gasteiger partial charge in [-0.25, -0.2) is 4.98 Å². The second-order valence-electron chi connectivity index (χ2n) is 6.18. The number of hydrogen-bond acceptors (Lipinski definition) is 4. The van der Waals surface area contributed by atoms with Gasteiger partial charge in [0.1, 0.15) is 5.82 Å². The maximum absolute atomic E-state index is 4.71. The Balaban J connectivity index is 1.72. The minimum absolute atomic E-state index is 0.569. The number of hydrogen-bond donors (Lipinski definition) is 1. The standard InChI is InChI=1S/C16H26N4/c1-13(2)20-9-3-4-15(20)14-5-6-16(18-12-14)19-10-7-17-8-11-19/h5-6,12-13,15,17H,3-4,7-11H2,1-2H3. The second-order valence-corrected chi connectivity index (χ2v) is 6.18. The van der Waals surface area contributed by atoms with Crippen LogP contribution in [0.15, 0.2) is 18.3 Å². The van der Waals surface area contributed by atoms with E-state index in [0.29, 0.717) is 12.1 Å². The molecule has 0 saturated carbocycles. The molecule has 0 aliphatic carbocycles. The van der Waals surface area contributed by atoms with Crippen molar-refractivity contribution in [3.63, 3.8) is 0 Å². The van der Waals surface area contributed by atoms with E-state index >= 15 is 0 Å². The summed E-state index contributed by atoms with van der Waals surface area (Å²) in [5.41, 5.74) is 1.38. The molecule has 2 aliphatic rings. The van der Waals surface area contributed by atoms with Gasteiger partial charge >= 0.3 is 0 Å². The molecule has 4 heteroatoms. The highest BCUT2D eigenvalue weighted by Crippen LogP contribution is 2.33. The van der Waals surface area contributed by atoms with Gasteiger partial charge in [0.2, 0.25) is 0 Å². The second kappa shape index (κ2) is 6.10. The van der Waals surface area contributed by atoms with Gasteiger partial charge in [-0.05, 0) is 44.9 Å². The van der Waals surface area contributed by atoms with Crippen LogP contribution >= 0.6 is 0 Å². The molecule has 0 aromatic carbocycles. The highest BCUT2D eigenvalue weighted by molar-refractivity contribution is 5.40. The SMILES string of the molecule is CC(C)N1CCCC1c1ccc(N2CCNCC2)nc1. The average Bonchev–Trinajstić information content (AvgIpc) is 2.98. The predicted molar refractivity (Wildman–Crippen MR) is 83.1 cm³/mol. The van der Waals surface area contributed by atoms with Crippen LogP contribution in [0.3, 0.4) is 0 Å². The highest BCUT2D eigenvalue weighted by Gasteiger charge is 2.28. The molecule has 1 unspecified atom stereocenters. The van der Waals surface area contributed by atoms with E-state index in [0.717, 1.165) is 32.0 Å². The molecule has 1 atom stereocenters. The van der Waals surface area contributed by atoms with Gasteiger partial charge in [0.05, 0.1) is 0 Å². The van der Waals surface area contributed by atoms with Crippen LogP contribution in [0.5, 0.6) is 0 Å². The van der Waals surface area contributed by atoms with Crippen LogP contribution in [0, 0.1) is 0 Å². The Labute approximate surface area is 122 Å². The lowest BCUT2D eigenvalue weighted by Crippen LogP contribution is -2.43. The van der Waals surface area contributed by atoms with Crippen LogP contribution in [-0.2, 0) is 0 Å². The summed E-state index contributed by atoms with van der Waals surface area (Å²) in [4.78, 5) is 9.68. The summed E-state index contributed by atoms with van der Waals surface area (Å²) in [7, 11) is 0. The molecule has 3 rings (SSSR count). The van der Waals surface area contributed by atoms with E-state index in [1.807, 2.05) is 0 Å². The fourth-order valence-electron chi connectivity index (χ4n) is 3.44. The zero-order valence-electron chi connectivity index (χ0n) is 12.7. The van der Waals surface area contributed by atoms with Crippen LogP contribution < -0.4 is 10.2 Å². The number of nitrogens with one attached hydrogen (secondary N) is 1. The van der Waals surface area contributed by atoms with Crippen molar-refractivity contribution in [1.82, 2.24) is 15.2 Å². The molecule has 20 heavy (non-hydrogen) atoms.